The van der Waals surface area contributed by atoms with Gasteiger partial charge >= 0.3 is 11.8 Å². The van der Waals surface area contributed by atoms with Crippen molar-refractivity contribution in [1.82, 2.24) is 20.1 Å². The van der Waals surface area contributed by atoms with Crippen molar-refractivity contribution < 1.29 is 14.4 Å². The van der Waals surface area contributed by atoms with E-state index in [1.54, 1.807) is 23.2 Å². The number of amides is 3. The van der Waals surface area contributed by atoms with E-state index < -0.39 is 11.8 Å². The largest absolute Gasteiger partial charge is 0.348 e. The summed E-state index contributed by atoms with van der Waals surface area (Å²) < 4.78 is 0. The van der Waals surface area contributed by atoms with E-state index in [0.717, 1.165) is 16.8 Å². The summed E-state index contributed by atoms with van der Waals surface area (Å²) in [4.78, 5) is 44.9. The topological polar surface area (TPSA) is 82.6 Å². The molecular formula is C26H26N4O3. The third kappa shape index (κ3) is 5.63. The van der Waals surface area contributed by atoms with Crippen LogP contribution < -0.4 is 5.32 Å². The summed E-state index contributed by atoms with van der Waals surface area (Å²) >= 11 is 0. The number of hydrogen-bond acceptors (Lipinski definition) is 4. The van der Waals surface area contributed by atoms with Gasteiger partial charge in [-0.05, 0) is 42.3 Å². The van der Waals surface area contributed by atoms with Crippen molar-refractivity contribution in [2.75, 3.05) is 13.1 Å². The van der Waals surface area contributed by atoms with Gasteiger partial charge in [0.15, 0.2) is 0 Å². The normalized spacial score (nSPS) is 13.8. The molecule has 4 rings (SSSR count). The van der Waals surface area contributed by atoms with Crippen LogP contribution in [-0.2, 0) is 29.2 Å². The zero-order valence-corrected chi connectivity index (χ0v) is 18.5. The van der Waals surface area contributed by atoms with E-state index in [2.05, 4.69) is 10.3 Å². The SMILES string of the molecule is Cc1ccc(CNC(=O)c2ccc(CN3CCN(Cc4ccccn4)C(=O)C3=O)cc2)cc1. The van der Waals surface area contributed by atoms with E-state index >= 15 is 0 Å². The molecule has 0 spiro atoms. The first kappa shape index (κ1) is 22.2. The zero-order valence-electron chi connectivity index (χ0n) is 18.5. The highest BCUT2D eigenvalue weighted by molar-refractivity contribution is 6.35. The maximum Gasteiger partial charge on any atom is 0.312 e. The highest BCUT2D eigenvalue weighted by Crippen LogP contribution is 2.14. The Hall–Kier alpha value is -4.00. The molecule has 2 aromatic carbocycles. The van der Waals surface area contributed by atoms with E-state index in [4.69, 9.17) is 0 Å². The number of carbonyl (C=O) groups is 3. The van der Waals surface area contributed by atoms with Gasteiger partial charge in [0, 0.05) is 37.9 Å². The number of rotatable bonds is 7. The molecule has 1 aromatic heterocycles. The van der Waals surface area contributed by atoms with Crippen LogP contribution in [0.15, 0.2) is 72.9 Å². The summed E-state index contributed by atoms with van der Waals surface area (Å²) in [6, 6.07) is 20.6. The molecule has 7 heteroatoms. The van der Waals surface area contributed by atoms with Gasteiger partial charge in [0.1, 0.15) is 0 Å². The highest BCUT2D eigenvalue weighted by Gasteiger charge is 2.32. The van der Waals surface area contributed by atoms with Crippen molar-refractivity contribution in [3.05, 3.63) is 101 Å². The molecule has 1 fully saturated rings. The van der Waals surface area contributed by atoms with E-state index in [0.29, 0.717) is 38.3 Å². The van der Waals surface area contributed by atoms with Gasteiger partial charge in [-0.25, -0.2) is 0 Å². The molecule has 7 nitrogen and oxygen atoms in total. The van der Waals surface area contributed by atoms with Gasteiger partial charge in [-0.3, -0.25) is 19.4 Å². The Morgan fingerprint density at radius 1 is 0.848 bits per heavy atom. The second kappa shape index (κ2) is 10.1. The number of nitrogens with zero attached hydrogens (tertiary/aromatic N) is 3. The molecule has 0 atom stereocenters. The summed E-state index contributed by atoms with van der Waals surface area (Å²) in [5.41, 5.74) is 4.38. The Bertz CT molecular complexity index is 1130. The van der Waals surface area contributed by atoms with Crippen LogP contribution in [0.4, 0.5) is 0 Å². The Morgan fingerprint density at radius 2 is 1.48 bits per heavy atom. The second-order valence-electron chi connectivity index (χ2n) is 8.14. The van der Waals surface area contributed by atoms with E-state index in [1.165, 1.54) is 10.5 Å². The van der Waals surface area contributed by atoms with Crippen LogP contribution >= 0.6 is 0 Å². The third-order valence-corrected chi connectivity index (χ3v) is 5.64. The first-order chi connectivity index (χ1) is 16.0. The lowest BCUT2D eigenvalue weighted by Gasteiger charge is -2.33. The fourth-order valence-corrected chi connectivity index (χ4v) is 3.68. The lowest BCUT2D eigenvalue weighted by atomic mass is 10.1. The minimum Gasteiger partial charge on any atom is -0.348 e. The molecule has 1 aliphatic heterocycles. The predicted molar refractivity (Wildman–Crippen MR) is 124 cm³/mol. The summed E-state index contributed by atoms with van der Waals surface area (Å²) in [6.45, 7) is 4.05. The molecule has 1 N–H and O–H groups in total. The molecule has 33 heavy (non-hydrogen) atoms. The molecule has 2 heterocycles. The van der Waals surface area contributed by atoms with Gasteiger partial charge < -0.3 is 15.1 Å². The highest BCUT2D eigenvalue weighted by atomic mass is 16.2. The van der Waals surface area contributed by atoms with Crippen molar-refractivity contribution in [2.24, 2.45) is 0 Å². The van der Waals surface area contributed by atoms with Gasteiger partial charge in [0.2, 0.25) is 0 Å². The zero-order chi connectivity index (χ0) is 23.2. The van der Waals surface area contributed by atoms with Crippen LogP contribution in [-0.4, -0.2) is 45.6 Å². The molecule has 0 bridgehead atoms. The number of benzene rings is 2. The number of pyridine rings is 1. The molecule has 0 saturated carbocycles. The molecule has 1 aliphatic rings. The first-order valence-electron chi connectivity index (χ1n) is 10.9. The van der Waals surface area contributed by atoms with Gasteiger partial charge in [0.05, 0.1) is 12.2 Å². The van der Waals surface area contributed by atoms with Gasteiger partial charge in [-0.15, -0.1) is 0 Å². The van der Waals surface area contributed by atoms with Crippen LogP contribution in [0.1, 0.15) is 32.7 Å². The molecule has 168 valence electrons. The lowest BCUT2D eigenvalue weighted by Crippen LogP contribution is -2.53. The van der Waals surface area contributed by atoms with Crippen LogP contribution in [0.3, 0.4) is 0 Å². The molecule has 0 radical (unpaired) electrons. The summed E-state index contributed by atoms with van der Waals surface area (Å²) in [6.07, 6.45) is 1.67. The number of nitrogens with one attached hydrogen (secondary N) is 1. The van der Waals surface area contributed by atoms with Crippen molar-refractivity contribution in [3.8, 4) is 0 Å². The maximum absolute atomic E-state index is 12.6. The average Bonchev–Trinajstić information content (AvgIpc) is 2.84. The Morgan fingerprint density at radius 3 is 2.12 bits per heavy atom. The van der Waals surface area contributed by atoms with Crippen molar-refractivity contribution in [3.63, 3.8) is 0 Å². The second-order valence-corrected chi connectivity index (χ2v) is 8.14. The van der Waals surface area contributed by atoms with E-state index in [1.807, 2.05) is 61.5 Å². The molecule has 0 aliphatic carbocycles. The van der Waals surface area contributed by atoms with E-state index in [9.17, 15) is 14.4 Å². The molecular weight excluding hydrogens is 416 g/mol. The Balaban J connectivity index is 1.30. The van der Waals surface area contributed by atoms with Crippen molar-refractivity contribution in [1.29, 1.82) is 0 Å². The monoisotopic (exact) mass is 442 g/mol. The maximum atomic E-state index is 12.6. The number of aromatic nitrogens is 1. The third-order valence-electron chi connectivity index (χ3n) is 5.64. The Labute approximate surface area is 193 Å². The van der Waals surface area contributed by atoms with Gasteiger partial charge in [0.25, 0.3) is 5.91 Å². The quantitative estimate of drug-likeness (QED) is 0.571. The fourth-order valence-electron chi connectivity index (χ4n) is 3.68. The molecule has 3 amide bonds. The van der Waals surface area contributed by atoms with Gasteiger partial charge in [-0.1, -0.05) is 48.0 Å². The van der Waals surface area contributed by atoms with Gasteiger partial charge in [-0.2, -0.15) is 0 Å². The summed E-state index contributed by atoms with van der Waals surface area (Å²) in [5.74, 6) is -1.19. The number of aryl methyl sites for hydroxylation is 1. The predicted octanol–water partition coefficient (Wildman–Crippen LogP) is 2.69. The van der Waals surface area contributed by atoms with Crippen LogP contribution in [0.25, 0.3) is 0 Å². The van der Waals surface area contributed by atoms with Crippen molar-refractivity contribution in [2.45, 2.75) is 26.6 Å². The minimum atomic E-state index is -0.517. The average molecular weight is 443 g/mol. The number of hydrogen-bond donors (Lipinski definition) is 1. The molecule has 1 saturated heterocycles. The van der Waals surface area contributed by atoms with Crippen LogP contribution in [0.5, 0.6) is 0 Å². The first-order valence-corrected chi connectivity index (χ1v) is 10.9. The van der Waals surface area contributed by atoms with E-state index in [-0.39, 0.29) is 5.91 Å². The summed E-state index contributed by atoms with van der Waals surface area (Å²) in [7, 11) is 0. The minimum absolute atomic E-state index is 0.156. The Kier molecular flexibility index (Phi) is 6.78. The van der Waals surface area contributed by atoms with Crippen LogP contribution in [0.2, 0.25) is 0 Å². The van der Waals surface area contributed by atoms with Crippen molar-refractivity contribution >= 4 is 17.7 Å². The lowest BCUT2D eigenvalue weighted by molar-refractivity contribution is -0.156. The standard InChI is InChI=1S/C26H26N4O3/c1-19-5-7-20(8-6-19)16-28-24(31)22-11-9-21(10-12-22)17-29-14-15-30(26(33)25(29)32)18-23-4-2-3-13-27-23/h2-13H,14-18H2,1H3,(H,28,31). The molecule has 3 aromatic rings. The smallest absolute Gasteiger partial charge is 0.312 e. The fraction of sp³-hybridized carbons (Fsp3) is 0.231. The summed E-state index contributed by atoms with van der Waals surface area (Å²) in [5, 5.41) is 2.91. The number of carbonyl (C=O) groups excluding carboxylic acids is 3. The van der Waals surface area contributed by atoms with Crippen LogP contribution in [0, 0.1) is 6.92 Å². The molecule has 0 unspecified atom stereocenters. The number of piperazine rings is 1.